The van der Waals surface area contributed by atoms with Gasteiger partial charge in [0, 0.05) is 6.42 Å². The van der Waals surface area contributed by atoms with Crippen LogP contribution in [-0.2, 0) is 16.0 Å². The molecule has 1 aromatic rings. The second-order valence-corrected chi connectivity index (χ2v) is 4.67. The number of carbonyl (C=O) groups is 2. The molecule has 6 heteroatoms. The maximum atomic E-state index is 11.6. The Balaban J connectivity index is 2.46. The van der Waals surface area contributed by atoms with Gasteiger partial charge in [0.05, 0.1) is 13.7 Å². The van der Waals surface area contributed by atoms with Gasteiger partial charge < -0.3 is 20.3 Å². The van der Waals surface area contributed by atoms with E-state index in [9.17, 15) is 14.7 Å². The molecule has 0 saturated carbocycles. The van der Waals surface area contributed by atoms with Crippen LogP contribution in [0.15, 0.2) is 24.3 Å². The van der Waals surface area contributed by atoms with Gasteiger partial charge in [0.25, 0.3) is 0 Å². The Labute approximate surface area is 117 Å². The number of methoxy groups -OCH3 is 1. The number of benzene rings is 1. The summed E-state index contributed by atoms with van der Waals surface area (Å²) in [5.74, 6) is -0.988. The van der Waals surface area contributed by atoms with Crippen molar-refractivity contribution in [1.82, 2.24) is 5.32 Å². The zero-order valence-electron chi connectivity index (χ0n) is 11.5. The highest BCUT2D eigenvalue weighted by atomic mass is 16.5. The number of para-hydroxylation sites is 1. The van der Waals surface area contributed by atoms with Crippen molar-refractivity contribution < 1.29 is 24.5 Å². The van der Waals surface area contributed by atoms with Crippen LogP contribution in [-0.4, -0.2) is 41.3 Å². The molecule has 0 spiro atoms. The number of ether oxygens (including phenoxy) is 1. The second kappa shape index (κ2) is 6.91. The lowest BCUT2D eigenvalue weighted by molar-refractivity contribution is -0.156. The minimum atomic E-state index is -1.96. The largest absolute Gasteiger partial charge is 0.496 e. The fraction of sp³-hybridized carbons (Fsp3) is 0.429. The van der Waals surface area contributed by atoms with E-state index in [1.54, 1.807) is 7.11 Å². The van der Waals surface area contributed by atoms with Crippen LogP contribution >= 0.6 is 0 Å². The predicted molar refractivity (Wildman–Crippen MR) is 72.6 cm³/mol. The molecule has 0 aliphatic rings. The molecule has 0 fully saturated rings. The number of carboxylic acids is 1. The van der Waals surface area contributed by atoms with Gasteiger partial charge in [0.15, 0.2) is 5.60 Å². The van der Waals surface area contributed by atoms with Crippen LogP contribution in [0.1, 0.15) is 18.9 Å². The van der Waals surface area contributed by atoms with Gasteiger partial charge in [-0.15, -0.1) is 0 Å². The molecule has 0 radical (unpaired) electrons. The molecule has 20 heavy (non-hydrogen) atoms. The van der Waals surface area contributed by atoms with E-state index in [1.807, 2.05) is 24.3 Å². The van der Waals surface area contributed by atoms with Crippen LogP contribution in [0.5, 0.6) is 5.75 Å². The first kappa shape index (κ1) is 16.0. The summed E-state index contributed by atoms with van der Waals surface area (Å²) in [6.45, 7) is 0.808. The fourth-order valence-electron chi connectivity index (χ4n) is 1.59. The molecule has 0 aliphatic carbocycles. The number of carboxylic acid groups (broad SMARTS) is 1. The summed E-state index contributed by atoms with van der Waals surface area (Å²) in [5.41, 5.74) is -1.06. The minimum absolute atomic E-state index is 0.191. The molecule has 6 nitrogen and oxygen atoms in total. The van der Waals surface area contributed by atoms with E-state index in [1.165, 1.54) is 0 Å². The standard InChI is InChI=1S/C14H19NO5/c1-14(19,13(17)18)9-15-12(16)8-7-10-5-3-4-6-11(10)20-2/h3-6,19H,7-9H2,1-2H3,(H,15,16)(H,17,18). The highest BCUT2D eigenvalue weighted by Gasteiger charge is 2.30. The van der Waals surface area contributed by atoms with Crippen LogP contribution in [0.25, 0.3) is 0 Å². The van der Waals surface area contributed by atoms with Gasteiger partial charge in [0.2, 0.25) is 5.91 Å². The third kappa shape index (κ3) is 4.55. The summed E-state index contributed by atoms with van der Waals surface area (Å²) in [4.78, 5) is 22.3. The van der Waals surface area contributed by atoms with Crippen LogP contribution in [0, 0.1) is 0 Å². The van der Waals surface area contributed by atoms with Crippen LogP contribution < -0.4 is 10.1 Å². The molecule has 3 N–H and O–H groups in total. The number of aliphatic carboxylic acids is 1. The van der Waals surface area contributed by atoms with Gasteiger partial charge in [-0.1, -0.05) is 18.2 Å². The fourth-order valence-corrected chi connectivity index (χ4v) is 1.59. The molecule has 1 rings (SSSR count). The van der Waals surface area contributed by atoms with Gasteiger partial charge >= 0.3 is 5.97 Å². The summed E-state index contributed by atoms with van der Waals surface area (Å²) >= 11 is 0. The number of carbonyl (C=O) groups excluding carboxylic acids is 1. The molecule has 0 saturated heterocycles. The van der Waals surface area contributed by atoms with Gasteiger partial charge in [-0.2, -0.15) is 0 Å². The average Bonchev–Trinajstić information content (AvgIpc) is 2.43. The lowest BCUT2D eigenvalue weighted by Crippen LogP contribution is -2.46. The van der Waals surface area contributed by atoms with Gasteiger partial charge in [0.1, 0.15) is 5.75 Å². The molecule has 110 valence electrons. The molecule has 1 aromatic carbocycles. The highest BCUT2D eigenvalue weighted by Crippen LogP contribution is 2.18. The van der Waals surface area contributed by atoms with Crippen molar-refractivity contribution in [2.75, 3.05) is 13.7 Å². The minimum Gasteiger partial charge on any atom is -0.496 e. The first-order chi connectivity index (χ1) is 9.36. The van der Waals surface area contributed by atoms with E-state index in [0.717, 1.165) is 12.5 Å². The number of nitrogens with one attached hydrogen (secondary N) is 1. The monoisotopic (exact) mass is 281 g/mol. The quantitative estimate of drug-likeness (QED) is 0.679. The van der Waals surface area contributed by atoms with Crippen molar-refractivity contribution >= 4 is 11.9 Å². The Morgan fingerprint density at radius 1 is 1.35 bits per heavy atom. The smallest absolute Gasteiger partial charge is 0.337 e. The molecule has 0 aromatic heterocycles. The Kier molecular flexibility index (Phi) is 5.52. The molecule has 1 amide bonds. The van der Waals surface area contributed by atoms with Gasteiger partial charge in [-0.25, -0.2) is 4.79 Å². The second-order valence-electron chi connectivity index (χ2n) is 4.67. The van der Waals surface area contributed by atoms with E-state index in [-0.39, 0.29) is 18.9 Å². The van der Waals surface area contributed by atoms with E-state index in [0.29, 0.717) is 12.2 Å². The van der Waals surface area contributed by atoms with Crippen LogP contribution in [0.3, 0.4) is 0 Å². The Bertz CT molecular complexity index is 484. The maximum absolute atomic E-state index is 11.6. The number of hydrogen-bond acceptors (Lipinski definition) is 4. The van der Waals surface area contributed by atoms with Crippen LogP contribution in [0.4, 0.5) is 0 Å². The lowest BCUT2D eigenvalue weighted by atomic mass is 10.1. The number of rotatable bonds is 7. The summed E-state index contributed by atoms with van der Waals surface area (Å²) in [6, 6.07) is 7.36. The van der Waals surface area contributed by atoms with Crippen LogP contribution in [0.2, 0.25) is 0 Å². The SMILES string of the molecule is COc1ccccc1CCC(=O)NCC(C)(O)C(=O)O. The third-order valence-electron chi connectivity index (χ3n) is 2.90. The third-order valence-corrected chi connectivity index (χ3v) is 2.90. The maximum Gasteiger partial charge on any atom is 0.337 e. The van der Waals surface area contributed by atoms with Crippen molar-refractivity contribution in [3.8, 4) is 5.75 Å². The first-order valence-electron chi connectivity index (χ1n) is 6.21. The molecule has 0 heterocycles. The Morgan fingerprint density at radius 3 is 2.60 bits per heavy atom. The molecular weight excluding hydrogens is 262 g/mol. The Morgan fingerprint density at radius 2 is 2.00 bits per heavy atom. The average molecular weight is 281 g/mol. The van der Waals surface area contributed by atoms with Crippen molar-refractivity contribution in [2.45, 2.75) is 25.4 Å². The molecule has 0 bridgehead atoms. The zero-order chi connectivity index (χ0) is 15.2. The summed E-state index contributed by atoms with van der Waals surface area (Å²) in [5, 5.41) is 20.6. The molecule has 1 unspecified atom stereocenters. The number of aliphatic hydroxyl groups is 1. The zero-order valence-corrected chi connectivity index (χ0v) is 11.5. The van der Waals surface area contributed by atoms with Crippen molar-refractivity contribution in [3.63, 3.8) is 0 Å². The summed E-state index contributed by atoms with van der Waals surface area (Å²) < 4.78 is 5.17. The molecule has 1 atom stereocenters. The topological polar surface area (TPSA) is 95.9 Å². The number of aryl methyl sites for hydroxylation is 1. The number of hydrogen-bond donors (Lipinski definition) is 3. The van der Waals surface area contributed by atoms with Crippen molar-refractivity contribution in [2.24, 2.45) is 0 Å². The summed E-state index contributed by atoms with van der Waals surface area (Å²) in [7, 11) is 1.56. The van der Waals surface area contributed by atoms with E-state index in [2.05, 4.69) is 5.32 Å². The van der Waals surface area contributed by atoms with Crippen molar-refractivity contribution in [1.29, 1.82) is 0 Å². The highest BCUT2D eigenvalue weighted by molar-refractivity contribution is 5.80. The molecular formula is C14H19NO5. The molecule has 0 aliphatic heterocycles. The predicted octanol–water partition coefficient (Wildman–Crippen LogP) is 0.580. The van der Waals surface area contributed by atoms with E-state index < -0.39 is 11.6 Å². The van der Waals surface area contributed by atoms with E-state index >= 15 is 0 Å². The lowest BCUT2D eigenvalue weighted by Gasteiger charge is -2.18. The van der Waals surface area contributed by atoms with Gasteiger partial charge in [-0.05, 0) is 25.0 Å². The normalized spacial score (nSPS) is 13.3. The van der Waals surface area contributed by atoms with E-state index in [4.69, 9.17) is 9.84 Å². The first-order valence-corrected chi connectivity index (χ1v) is 6.21. The van der Waals surface area contributed by atoms with Gasteiger partial charge in [-0.3, -0.25) is 4.79 Å². The Hall–Kier alpha value is -2.08. The van der Waals surface area contributed by atoms with Crippen molar-refractivity contribution in [3.05, 3.63) is 29.8 Å². The number of amides is 1. The summed E-state index contributed by atoms with van der Waals surface area (Å²) in [6.07, 6.45) is 0.668.